The molecule has 3 heterocycles. The number of hydrogen-bond donors (Lipinski definition) is 0. The van der Waals surface area contributed by atoms with Gasteiger partial charge in [0.2, 0.25) is 5.78 Å². The third-order valence-electron chi connectivity index (χ3n) is 5.27. The first-order valence-electron chi connectivity index (χ1n) is 10.1. The average molecular weight is 470 g/mol. The molecule has 2 unspecified atom stereocenters. The Morgan fingerprint density at radius 3 is 2.18 bits per heavy atom. The van der Waals surface area contributed by atoms with E-state index in [1.807, 2.05) is 0 Å². The van der Waals surface area contributed by atoms with Crippen LogP contribution in [0.3, 0.4) is 0 Å². The minimum Gasteiger partial charge on any atom is -0.406 e. The highest BCUT2D eigenvalue weighted by atomic mass is 19.4. The highest BCUT2D eigenvalue weighted by molar-refractivity contribution is 6.48. The van der Waals surface area contributed by atoms with Gasteiger partial charge in [-0.05, 0) is 55.8 Å². The summed E-state index contributed by atoms with van der Waals surface area (Å²) in [4.78, 5) is 44.5. The molecule has 0 bridgehead atoms. The second kappa shape index (κ2) is 8.65. The Morgan fingerprint density at radius 2 is 1.62 bits per heavy atom. The zero-order chi connectivity index (χ0) is 24.6. The van der Waals surface area contributed by atoms with Gasteiger partial charge in [-0.15, -0.1) is 18.3 Å². The number of ether oxygens (including phenoxy) is 1. The summed E-state index contributed by atoms with van der Waals surface area (Å²) in [6, 6.07) is 9.60. The fraction of sp³-hybridized carbons (Fsp3) is 0.217. The van der Waals surface area contributed by atoms with Gasteiger partial charge in [0.25, 0.3) is 5.91 Å². The van der Waals surface area contributed by atoms with Crippen molar-refractivity contribution in [1.82, 2.24) is 15.2 Å². The molecule has 1 fully saturated rings. The molecule has 0 saturated carbocycles. The van der Waals surface area contributed by atoms with Gasteiger partial charge in [0.05, 0.1) is 11.7 Å². The Bertz CT molecular complexity index is 1240. The second-order valence-electron chi connectivity index (χ2n) is 7.66. The maximum absolute atomic E-state index is 13.3. The van der Waals surface area contributed by atoms with Crippen LogP contribution in [0.1, 0.15) is 33.4 Å². The smallest absolute Gasteiger partial charge is 0.406 e. The molecule has 3 aromatic rings. The number of rotatable bonds is 5. The molecule has 1 saturated heterocycles. The summed E-state index contributed by atoms with van der Waals surface area (Å²) < 4.78 is 41.6. The van der Waals surface area contributed by atoms with Crippen LogP contribution in [0.5, 0.6) is 5.75 Å². The van der Waals surface area contributed by atoms with Gasteiger partial charge in [-0.25, -0.2) is 0 Å². The van der Waals surface area contributed by atoms with E-state index in [1.165, 1.54) is 30.5 Å². The molecule has 4 rings (SSSR count). The van der Waals surface area contributed by atoms with E-state index in [0.717, 1.165) is 17.0 Å². The summed E-state index contributed by atoms with van der Waals surface area (Å²) in [5.41, 5.74) is 1.58. The highest BCUT2D eigenvalue weighted by Gasteiger charge is 2.53. The third kappa shape index (κ3) is 4.49. The van der Waals surface area contributed by atoms with Crippen LogP contribution in [0.2, 0.25) is 0 Å². The van der Waals surface area contributed by atoms with E-state index < -0.39 is 41.5 Å². The predicted molar refractivity (Wildman–Crippen MR) is 112 cm³/mol. The molecular weight excluding hydrogens is 453 g/mol. The van der Waals surface area contributed by atoms with Crippen molar-refractivity contribution in [2.45, 2.75) is 26.3 Å². The van der Waals surface area contributed by atoms with E-state index in [2.05, 4.69) is 19.9 Å². The zero-order valence-corrected chi connectivity index (χ0v) is 17.9. The van der Waals surface area contributed by atoms with E-state index in [9.17, 15) is 27.6 Å². The number of pyridine rings is 1. The number of Topliss-reactive ketones (excluding diaryl/α,β-unsaturated/α-hetero) is 2. The van der Waals surface area contributed by atoms with Gasteiger partial charge >= 0.3 is 6.36 Å². The number of carbonyl (C=O) groups is 3. The largest absolute Gasteiger partial charge is 0.573 e. The molecule has 0 aliphatic carbocycles. The Balaban J connectivity index is 1.80. The molecule has 8 nitrogen and oxygen atoms in total. The topological polar surface area (TPSA) is 102 Å². The molecule has 1 aromatic carbocycles. The van der Waals surface area contributed by atoms with Crippen molar-refractivity contribution in [3.05, 3.63) is 77.2 Å². The number of anilines is 1. The Morgan fingerprint density at radius 1 is 0.941 bits per heavy atom. The number of aromatic nitrogens is 3. The van der Waals surface area contributed by atoms with Gasteiger partial charge in [-0.1, -0.05) is 12.1 Å². The number of alkyl halides is 3. The highest BCUT2D eigenvalue weighted by Crippen LogP contribution is 2.41. The van der Waals surface area contributed by atoms with Crippen molar-refractivity contribution in [3.8, 4) is 5.75 Å². The molecule has 2 atom stereocenters. The molecular formula is C23H17F3N4O4. The number of ketones is 2. The van der Waals surface area contributed by atoms with E-state index in [4.69, 9.17) is 0 Å². The summed E-state index contributed by atoms with van der Waals surface area (Å²) in [6.07, 6.45) is -3.58. The van der Waals surface area contributed by atoms with Crippen LogP contribution < -0.4 is 9.64 Å². The van der Waals surface area contributed by atoms with Crippen LogP contribution in [-0.2, 0) is 9.59 Å². The van der Waals surface area contributed by atoms with Gasteiger partial charge in [-0.3, -0.25) is 24.3 Å². The minimum absolute atomic E-state index is 0.0295. The van der Waals surface area contributed by atoms with Gasteiger partial charge in [0, 0.05) is 17.5 Å². The first-order valence-corrected chi connectivity index (χ1v) is 10.1. The number of carbonyl (C=O) groups excluding carboxylic acids is 3. The van der Waals surface area contributed by atoms with Gasteiger partial charge in [0.1, 0.15) is 11.7 Å². The zero-order valence-electron chi connectivity index (χ0n) is 17.9. The van der Waals surface area contributed by atoms with E-state index in [1.54, 1.807) is 26.0 Å². The van der Waals surface area contributed by atoms with Crippen LogP contribution in [-0.4, -0.2) is 39.0 Å². The summed E-state index contributed by atoms with van der Waals surface area (Å²) in [7, 11) is 0. The molecule has 0 radical (unpaired) electrons. The molecule has 34 heavy (non-hydrogen) atoms. The number of hydrogen-bond acceptors (Lipinski definition) is 7. The Kier molecular flexibility index (Phi) is 5.86. The minimum atomic E-state index is -4.89. The van der Waals surface area contributed by atoms with E-state index in [-0.39, 0.29) is 16.9 Å². The molecule has 1 amide bonds. The lowest BCUT2D eigenvalue weighted by Gasteiger charge is -2.26. The van der Waals surface area contributed by atoms with E-state index in [0.29, 0.717) is 11.4 Å². The van der Waals surface area contributed by atoms with Crippen molar-refractivity contribution >= 4 is 23.3 Å². The molecule has 174 valence electrons. The lowest BCUT2D eigenvalue weighted by Crippen LogP contribution is -2.31. The van der Waals surface area contributed by atoms with Crippen LogP contribution in [0, 0.1) is 19.8 Å². The van der Waals surface area contributed by atoms with Crippen LogP contribution in [0.25, 0.3) is 0 Å². The molecule has 0 spiro atoms. The monoisotopic (exact) mass is 470 g/mol. The SMILES string of the molecule is Cc1ccc(C(=O)C2C(=O)C(=O)N(c3ccc(C)nn3)C2c2ccc(OC(F)(F)F)cc2)cn1. The lowest BCUT2D eigenvalue weighted by atomic mass is 9.86. The number of amides is 1. The normalized spacial score (nSPS) is 18.3. The summed E-state index contributed by atoms with van der Waals surface area (Å²) in [5.74, 6) is -4.50. The first-order chi connectivity index (χ1) is 16.0. The first kappa shape index (κ1) is 23.0. The maximum Gasteiger partial charge on any atom is 0.573 e. The van der Waals surface area contributed by atoms with Gasteiger partial charge in [0.15, 0.2) is 11.6 Å². The lowest BCUT2D eigenvalue weighted by molar-refractivity contribution is -0.274. The molecule has 1 aliphatic rings. The van der Waals surface area contributed by atoms with Gasteiger partial charge < -0.3 is 4.74 Å². The maximum atomic E-state index is 13.3. The molecule has 0 N–H and O–H groups in total. The fourth-order valence-corrected chi connectivity index (χ4v) is 3.70. The van der Waals surface area contributed by atoms with Crippen LogP contribution >= 0.6 is 0 Å². The van der Waals surface area contributed by atoms with Crippen molar-refractivity contribution in [1.29, 1.82) is 0 Å². The Hall–Kier alpha value is -4.15. The third-order valence-corrected chi connectivity index (χ3v) is 5.27. The number of nitrogens with zero attached hydrogens (tertiary/aromatic N) is 4. The van der Waals surface area contributed by atoms with Gasteiger partial charge in [-0.2, -0.15) is 5.10 Å². The average Bonchev–Trinajstić information content (AvgIpc) is 3.04. The van der Waals surface area contributed by atoms with Crippen molar-refractivity contribution in [2.75, 3.05) is 4.90 Å². The number of aryl methyl sites for hydroxylation is 2. The number of halogens is 3. The number of benzene rings is 1. The van der Waals surface area contributed by atoms with Crippen molar-refractivity contribution in [3.63, 3.8) is 0 Å². The Labute approximate surface area is 191 Å². The fourth-order valence-electron chi connectivity index (χ4n) is 3.70. The molecule has 1 aliphatic heterocycles. The quantitative estimate of drug-likeness (QED) is 0.319. The van der Waals surface area contributed by atoms with Crippen LogP contribution in [0.15, 0.2) is 54.7 Å². The molecule has 2 aromatic heterocycles. The predicted octanol–water partition coefficient (Wildman–Crippen LogP) is 3.54. The second-order valence-corrected chi connectivity index (χ2v) is 7.66. The van der Waals surface area contributed by atoms with E-state index >= 15 is 0 Å². The summed E-state index contributed by atoms with van der Waals surface area (Å²) in [5, 5.41) is 7.88. The summed E-state index contributed by atoms with van der Waals surface area (Å²) >= 11 is 0. The summed E-state index contributed by atoms with van der Waals surface area (Å²) in [6.45, 7) is 3.41. The van der Waals surface area contributed by atoms with Crippen molar-refractivity contribution < 1.29 is 32.3 Å². The van der Waals surface area contributed by atoms with Crippen LogP contribution in [0.4, 0.5) is 19.0 Å². The van der Waals surface area contributed by atoms with Crippen molar-refractivity contribution in [2.24, 2.45) is 5.92 Å². The standard InChI is InChI=1S/C23H17F3N4O4/c1-12-3-5-15(11-27-12)20(31)18-19(14-6-8-16(9-7-14)34-23(24,25)26)30(22(33)21(18)32)17-10-4-13(2)28-29-17/h3-11,18-19H,1-2H3. The molecule has 11 heteroatoms.